The van der Waals surface area contributed by atoms with Gasteiger partial charge in [-0.1, -0.05) is 12.1 Å². The number of halogens is 1. The molecule has 0 aliphatic carbocycles. The zero-order chi connectivity index (χ0) is 15.4. The van der Waals surface area contributed by atoms with Crippen LogP contribution in [0.2, 0.25) is 0 Å². The van der Waals surface area contributed by atoms with Gasteiger partial charge in [-0.05, 0) is 41.9 Å². The lowest BCUT2D eigenvalue weighted by molar-refractivity contribution is 0.0527. The van der Waals surface area contributed by atoms with Crippen molar-refractivity contribution < 1.29 is 14.3 Å². The van der Waals surface area contributed by atoms with Gasteiger partial charge in [0.1, 0.15) is 5.56 Å². The Balaban J connectivity index is 2.27. The number of carbonyl (C=O) groups excluding carboxylic acids is 2. The van der Waals surface area contributed by atoms with Crippen LogP contribution in [-0.4, -0.2) is 23.5 Å². The predicted molar refractivity (Wildman–Crippen MR) is 83.6 cm³/mol. The van der Waals surface area contributed by atoms with Crippen LogP contribution < -0.4 is 5.32 Å². The molecule has 0 unspecified atom stereocenters. The van der Waals surface area contributed by atoms with Gasteiger partial charge >= 0.3 is 5.97 Å². The molecule has 0 aliphatic rings. The Bertz CT molecular complexity index is 679. The van der Waals surface area contributed by atoms with Crippen LogP contribution in [0.25, 0.3) is 0 Å². The minimum atomic E-state index is -0.460. The topological polar surface area (TPSA) is 71.2 Å². The van der Waals surface area contributed by atoms with Gasteiger partial charge in [-0.2, -0.15) is 0 Å². The van der Waals surface area contributed by atoms with Gasteiger partial charge < -0.3 is 15.0 Å². The molecule has 0 aliphatic heterocycles. The quantitative estimate of drug-likeness (QED) is 0.828. The average Bonchev–Trinajstić information content (AvgIpc) is 2.80. The summed E-state index contributed by atoms with van der Waals surface area (Å²) in [6.45, 7) is 3.76. The van der Waals surface area contributed by atoms with Crippen LogP contribution in [0, 0.1) is 6.92 Å². The summed E-state index contributed by atoms with van der Waals surface area (Å²) >= 11 is 3.33. The van der Waals surface area contributed by atoms with E-state index in [1.807, 2.05) is 6.07 Å². The average molecular weight is 351 g/mol. The molecule has 0 bridgehead atoms. The van der Waals surface area contributed by atoms with Gasteiger partial charge in [0.05, 0.1) is 17.9 Å². The van der Waals surface area contributed by atoms with Crippen molar-refractivity contribution in [1.82, 2.24) is 4.98 Å². The zero-order valence-electron chi connectivity index (χ0n) is 11.7. The SMILES string of the molecule is CCOC(=O)c1c(NC(=O)c2ccccc2Br)c[nH]c1C. The number of aryl methyl sites for hydroxylation is 1. The smallest absolute Gasteiger partial charge is 0.342 e. The van der Waals surface area contributed by atoms with Crippen LogP contribution in [0.1, 0.15) is 33.3 Å². The Labute approximate surface area is 130 Å². The largest absolute Gasteiger partial charge is 0.462 e. The Morgan fingerprint density at radius 3 is 2.71 bits per heavy atom. The summed E-state index contributed by atoms with van der Waals surface area (Å²) in [7, 11) is 0. The molecule has 0 fully saturated rings. The number of anilines is 1. The molecule has 0 saturated heterocycles. The third-order valence-corrected chi connectivity index (χ3v) is 3.62. The molecule has 1 amide bonds. The molecule has 110 valence electrons. The Hall–Kier alpha value is -2.08. The number of hydrogen-bond acceptors (Lipinski definition) is 3. The van der Waals surface area contributed by atoms with Gasteiger partial charge in [0.15, 0.2) is 0 Å². The van der Waals surface area contributed by atoms with Crippen molar-refractivity contribution in [2.75, 3.05) is 11.9 Å². The van der Waals surface area contributed by atoms with E-state index in [0.717, 1.165) is 0 Å². The first-order valence-electron chi connectivity index (χ1n) is 6.45. The summed E-state index contributed by atoms with van der Waals surface area (Å²) in [6, 6.07) is 7.08. The molecule has 5 nitrogen and oxygen atoms in total. The second kappa shape index (κ2) is 6.58. The molecule has 2 N–H and O–H groups in total. The summed E-state index contributed by atoms with van der Waals surface area (Å²) in [5.74, 6) is -0.759. The van der Waals surface area contributed by atoms with Crippen molar-refractivity contribution in [2.45, 2.75) is 13.8 Å². The fourth-order valence-electron chi connectivity index (χ4n) is 1.93. The molecule has 1 heterocycles. The number of nitrogens with one attached hydrogen (secondary N) is 2. The fourth-order valence-corrected chi connectivity index (χ4v) is 2.39. The summed E-state index contributed by atoms with van der Waals surface area (Å²) in [4.78, 5) is 27.1. The van der Waals surface area contributed by atoms with Crippen molar-refractivity contribution in [1.29, 1.82) is 0 Å². The van der Waals surface area contributed by atoms with E-state index in [9.17, 15) is 9.59 Å². The molecular weight excluding hydrogens is 336 g/mol. The van der Waals surface area contributed by atoms with E-state index in [1.165, 1.54) is 0 Å². The monoisotopic (exact) mass is 350 g/mol. The van der Waals surface area contributed by atoms with Crippen LogP contribution in [0.4, 0.5) is 5.69 Å². The van der Waals surface area contributed by atoms with Gasteiger partial charge in [0, 0.05) is 16.4 Å². The number of aromatic nitrogens is 1. The Morgan fingerprint density at radius 2 is 2.05 bits per heavy atom. The van der Waals surface area contributed by atoms with E-state index >= 15 is 0 Å². The zero-order valence-corrected chi connectivity index (χ0v) is 13.3. The normalized spacial score (nSPS) is 10.2. The fraction of sp³-hybridized carbons (Fsp3) is 0.200. The van der Waals surface area contributed by atoms with Crippen molar-refractivity contribution in [3.63, 3.8) is 0 Å². The number of hydrogen-bond donors (Lipinski definition) is 2. The van der Waals surface area contributed by atoms with Crippen molar-refractivity contribution in [2.24, 2.45) is 0 Å². The van der Waals surface area contributed by atoms with E-state index < -0.39 is 5.97 Å². The second-order valence-electron chi connectivity index (χ2n) is 4.36. The molecule has 6 heteroatoms. The third kappa shape index (κ3) is 3.33. The van der Waals surface area contributed by atoms with Crippen LogP contribution >= 0.6 is 15.9 Å². The molecule has 21 heavy (non-hydrogen) atoms. The molecule has 0 spiro atoms. The van der Waals surface area contributed by atoms with E-state index in [0.29, 0.717) is 27.0 Å². The van der Waals surface area contributed by atoms with Crippen molar-refractivity contribution in [3.05, 3.63) is 51.8 Å². The summed E-state index contributed by atoms with van der Waals surface area (Å²) in [6.07, 6.45) is 1.58. The molecule has 2 aromatic rings. The number of carbonyl (C=O) groups is 2. The number of amides is 1. The highest BCUT2D eigenvalue weighted by Crippen LogP contribution is 2.23. The molecule has 1 aromatic heterocycles. The standard InChI is InChI=1S/C15H15BrN2O3/c1-3-21-15(20)13-9(2)17-8-12(13)18-14(19)10-6-4-5-7-11(10)16/h4-8,17H,3H2,1-2H3,(H,18,19). The maximum Gasteiger partial charge on any atom is 0.342 e. The van der Waals surface area contributed by atoms with Gasteiger partial charge in [0.25, 0.3) is 5.91 Å². The van der Waals surface area contributed by atoms with Crippen LogP contribution in [0.3, 0.4) is 0 Å². The predicted octanol–water partition coefficient (Wildman–Crippen LogP) is 3.51. The maximum absolute atomic E-state index is 12.3. The van der Waals surface area contributed by atoms with Gasteiger partial charge in [0.2, 0.25) is 0 Å². The second-order valence-corrected chi connectivity index (χ2v) is 5.21. The van der Waals surface area contributed by atoms with E-state index in [-0.39, 0.29) is 12.5 Å². The minimum Gasteiger partial charge on any atom is -0.462 e. The van der Waals surface area contributed by atoms with Crippen LogP contribution in [-0.2, 0) is 4.74 Å². The highest BCUT2D eigenvalue weighted by Gasteiger charge is 2.20. The van der Waals surface area contributed by atoms with Gasteiger partial charge in [-0.25, -0.2) is 4.79 Å². The molecule has 2 rings (SSSR count). The maximum atomic E-state index is 12.3. The van der Waals surface area contributed by atoms with E-state index in [4.69, 9.17) is 4.74 Å². The minimum absolute atomic E-state index is 0.279. The van der Waals surface area contributed by atoms with Gasteiger partial charge in [-0.3, -0.25) is 4.79 Å². The molecule has 0 saturated carbocycles. The number of benzene rings is 1. The summed E-state index contributed by atoms with van der Waals surface area (Å²) in [5, 5.41) is 2.73. The number of ether oxygens (including phenoxy) is 1. The molecule has 0 atom stereocenters. The lowest BCUT2D eigenvalue weighted by Gasteiger charge is -2.08. The number of esters is 1. The van der Waals surface area contributed by atoms with E-state index in [2.05, 4.69) is 26.2 Å². The lowest BCUT2D eigenvalue weighted by Crippen LogP contribution is -2.15. The first-order chi connectivity index (χ1) is 10.0. The highest BCUT2D eigenvalue weighted by atomic mass is 79.9. The first-order valence-corrected chi connectivity index (χ1v) is 7.24. The van der Waals surface area contributed by atoms with Gasteiger partial charge in [-0.15, -0.1) is 0 Å². The van der Waals surface area contributed by atoms with E-state index in [1.54, 1.807) is 38.2 Å². The third-order valence-electron chi connectivity index (χ3n) is 2.92. The number of rotatable bonds is 4. The number of aromatic amines is 1. The Kier molecular flexibility index (Phi) is 4.80. The van der Waals surface area contributed by atoms with Crippen molar-refractivity contribution in [3.8, 4) is 0 Å². The molecule has 0 radical (unpaired) electrons. The Morgan fingerprint density at radius 1 is 1.33 bits per heavy atom. The highest BCUT2D eigenvalue weighted by molar-refractivity contribution is 9.10. The summed E-state index contributed by atoms with van der Waals surface area (Å²) < 4.78 is 5.69. The molecular formula is C15H15BrN2O3. The van der Waals surface area contributed by atoms with Crippen molar-refractivity contribution >= 4 is 33.5 Å². The van der Waals surface area contributed by atoms with Crippen LogP contribution in [0.15, 0.2) is 34.9 Å². The lowest BCUT2D eigenvalue weighted by atomic mass is 10.2. The number of H-pyrrole nitrogens is 1. The first kappa shape index (κ1) is 15.3. The van der Waals surface area contributed by atoms with Crippen LogP contribution in [0.5, 0.6) is 0 Å². The summed E-state index contributed by atoms with van der Waals surface area (Å²) in [5.41, 5.74) is 1.89. The molecule has 1 aromatic carbocycles.